The van der Waals surface area contributed by atoms with Crippen molar-refractivity contribution in [3.05, 3.63) is 102 Å². The molecule has 0 saturated carbocycles. The van der Waals surface area contributed by atoms with Crippen LogP contribution < -0.4 is 8.45 Å². The normalized spacial score (nSPS) is 15.2. The number of hydrogen-bond acceptors (Lipinski definition) is 8. The number of fused-ring (bicyclic) bond motifs is 1. The second kappa shape index (κ2) is 10.3. The Bertz CT molecular complexity index is 1860. The first-order valence-electron chi connectivity index (χ1n) is 12.6. The van der Waals surface area contributed by atoms with Crippen molar-refractivity contribution >= 4 is 53.8 Å². The number of ether oxygens (including phenoxy) is 2. The van der Waals surface area contributed by atoms with Crippen molar-refractivity contribution in [3.63, 3.8) is 0 Å². The number of para-hydroxylation sites is 1. The van der Waals surface area contributed by atoms with E-state index in [4.69, 9.17) is 9.47 Å². The third-order valence-corrected chi connectivity index (χ3v) is 9.74. The fourth-order valence-corrected chi connectivity index (χ4v) is 7.63. The number of ketones is 1. The van der Waals surface area contributed by atoms with Crippen LogP contribution in [0.4, 0.5) is 5.69 Å². The van der Waals surface area contributed by atoms with E-state index in [1.165, 1.54) is 24.3 Å². The van der Waals surface area contributed by atoms with E-state index in [-0.39, 0.29) is 18.1 Å². The zero-order valence-corrected chi connectivity index (χ0v) is 24.5. The molecule has 1 aromatic heterocycles. The Labute approximate surface area is 239 Å². The van der Waals surface area contributed by atoms with Crippen LogP contribution in [0.3, 0.4) is 0 Å². The molecule has 5 rings (SSSR count). The molecule has 0 spiro atoms. The highest BCUT2D eigenvalue weighted by molar-refractivity contribution is 8.09. The first-order chi connectivity index (χ1) is 19.2. The molecule has 0 atom stereocenters. The van der Waals surface area contributed by atoms with Crippen LogP contribution in [0.25, 0.3) is 22.2 Å². The predicted molar refractivity (Wildman–Crippen MR) is 158 cm³/mol. The Morgan fingerprint density at radius 3 is 2.05 bits per heavy atom. The first kappa shape index (κ1) is 28.3. The third kappa shape index (κ3) is 5.82. The minimum Gasteiger partial charge on any atom is -0.487 e. The average Bonchev–Trinajstić information content (AvgIpc) is 3.15. The molecule has 0 unspecified atom stereocenters. The number of benzene rings is 3. The predicted octanol–water partition coefficient (Wildman–Crippen LogP) is 4.79. The lowest BCUT2D eigenvalue weighted by molar-refractivity contribution is -0.125. The van der Waals surface area contributed by atoms with Crippen molar-refractivity contribution in [3.8, 4) is 5.75 Å². The van der Waals surface area contributed by atoms with Gasteiger partial charge in [0.05, 0.1) is 35.0 Å². The molecule has 1 aliphatic rings. The molecule has 4 aromatic rings. The molecular formula is C30H28N2O7S2. The van der Waals surface area contributed by atoms with Gasteiger partial charge in [0.1, 0.15) is 18.1 Å². The van der Waals surface area contributed by atoms with Crippen LogP contribution in [0.15, 0.2) is 84.9 Å². The summed E-state index contributed by atoms with van der Waals surface area (Å²) >= 11 is 0. The summed E-state index contributed by atoms with van der Waals surface area (Å²) in [6, 6.07) is 24.6. The van der Waals surface area contributed by atoms with E-state index >= 15 is 0 Å². The van der Waals surface area contributed by atoms with E-state index < -0.39 is 25.6 Å². The van der Waals surface area contributed by atoms with Crippen molar-refractivity contribution in [2.24, 2.45) is 0 Å². The molecule has 41 heavy (non-hydrogen) atoms. The van der Waals surface area contributed by atoms with Crippen LogP contribution in [-0.4, -0.2) is 45.7 Å². The summed E-state index contributed by atoms with van der Waals surface area (Å²) in [5.41, 5.74) is 1.95. The number of anilines is 1. The van der Waals surface area contributed by atoms with Crippen LogP contribution in [0, 0.1) is 0 Å². The molecule has 0 fully saturated rings. The summed E-state index contributed by atoms with van der Waals surface area (Å²) in [6.45, 7) is 3.61. The Morgan fingerprint density at radius 2 is 1.41 bits per heavy atom. The number of nitrogens with zero attached hydrogens (tertiary/aromatic N) is 2. The van der Waals surface area contributed by atoms with Crippen LogP contribution in [0.2, 0.25) is 0 Å². The van der Waals surface area contributed by atoms with Crippen molar-refractivity contribution in [1.29, 1.82) is 0 Å². The summed E-state index contributed by atoms with van der Waals surface area (Å²) in [6.07, 6.45) is 1.63. The Hall–Kier alpha value is -4.22. The maximum absolute atomic E-state index is 13.4. The molecular weight excluding hydrogens is 564 g/mol. The van der Waals surface area contributed by atoms with Crippen molar-refractivity contribution in [2.45, 2.75) is 26.1 Å². The van der Waals surface area contributed by atoms with E-state index in [0.29, 0.717) is 31.9 Å². The molecule has 0 N–H and O–H groups in total. The highest BCUT2D eigenvalue weighted by Gasteiger charge is 2.43. The number of sulfonamides is 2. The standard InChI is InChI=1S/C30H28N2O7S2/c1-30(2)29(33)27(28(39-30)22-10-15-24(16-11-22)32(40(3,34)35)41(4,36)37)21-12-17-25(18-13-21)38-19-23-14-9-20-7-5-6-8-26(20)31-23/h5-18H,19H2,1-4H3. The van der Waals surface area contributed by atoms with Gasteiger partial charge in [-0.1, -0.05) is 36.4 Å². The highest BCUT2D eigenvalue weighted by Crippen LogP contribution is 2.42. The van der Waals surface area contributed by atoms with E-state index in [2.05, 4.69) is 4.98 Å². The number of hydrogen-bond donors (Lipinski definition) is 0. The molecule has 0 aliphatic carbocycles. The minimum absolute atomic E-state index is 0.0492. The van der Waals surface area contributed by atoms with Gasteiger partial charge in [-0.05, 0) is 67.9 Å². The largest absolute Gasteiger partial charge is 0.487 e. The molecule has 3 aromatic carbocycles. The van der Waals surface area contributed by atoms with Crippen LogP contribution >= 0.6 is 0 Å². The maximum atomic E-state index is 13.4. The fourth-order valence-electron chi connectivity index (χ4n) is 4.65. The smallest absolute Gasteiger partial charge is 0.245 e. The van der Waals surface area contributed by atoms with Gasteiger partial charge in [0.15, 0.2) is 5.60 Å². The summed E-state index contributed by atoms with van der Waals surface area (Å²) in [4.78, 5) is 18.0. The molecule has 0 bridgehead atoms. The lowest BCUT2D eigenvalue weighted by Crippen LogP contribution is -2.35. The SMILES string of the molecule is CC1(C)OC(c2ccc(N(S(C)(=O)=O)S(C)(=O)=O)cc2)=C(c2ccc(OCc3ccc4ccccc4n3)cc2)C1=O. The van der Waals surface area contributed by atoms with Gasteiger partial charge in [0.2, 0.25) is 25.8 Å². The zero-order chi connectivity index (χ0) is 29.6. The van der Waals surface area contributed by atoms with Crippen LogP contribution in [0.1, 0.15) is 30.7 Å². The molecule has 11 heteroatoms. The molecule has 9 nitrogen and oxygen atoms in total. The molecule has 2 heterocycles. The van der Waals surface area contributed by atoms with Crippen molar-refractivity contribution < 1.29 is 31.1 Å². The second-order valence-corrected chi connectivity index (χ2v) is 14.1. The number of carbonyl (C=O) groups excluding carboxylic acids is 1. The van der Waals surface area contributed by atoms with Crippen LogP contribution in [-0.2, 0) is 36.2 Å². The highest BCUT2D eigenvalue weighted by atomic mass is 32.3. The van der Waals surface area contributed by atoms with Gasteiger partial charge >= 0.3 is 0 Å². The number of rotatable bonds is 8. The van der Waals surface area contributed by atoms with Gasteiger partial charge in [-0.25, -0.2) is 21.8 Å². The summed E-state index contributed by atoms with van der Waals surface area (Å²) in [7, 11) is -8.19. The van der Waals surface area contributed by atoms with Crippen LogP contribution in [0.5, 0.6) is 5.75 Å². The minimum atomic E-state index is -4.09. The van der Waals surface area contributed by atoms with E-state index in [1.807, 2.05) is 36.4 Å². The maximum Gasteiger partial charge on any atom is 0.245 e. The van der Waals surface area contributed by atoms with Gasteiger partial charge in [-0.15, -0.1) is 0 Å². The van der Waals surface area contributed by atoms with Crippen molar-refractivity contribution in [1.82, 2.24) is 4.98 Å². The summed E-state index contributed by atoms with van der Waals surface area (Å²) in [5.74, 6) is 0.688. The second-order valence-electron chi connectivity index (χ2n) is 10.2. The van der Waals surface area contributed by atoms with Gasteiger partial charge in [-0.3, -0.25) is 4.79 Å². The number of pyridine rings is 1. The zero-order valence-electron chi connectivity index (χ0n) is 22.9. The number of carbonyl (C=O) groups is 1. The van der Waals surface area contributed by atoms with Gasteiger partial charge in [0.25, 0.3) is 0 Å². The molecule has 0 radical (unpaired) electrons. The monoisotopic (exact) mass is 592 g/mol. The van der Waals surface area contributed by atoms with E-state index in [0.717, 1.165) is 29.1 Å². The van der Waals surface area contributed by atoms with E-state index in [1.54, 1.807) is 38.1 Å². The van der Waals surface area contributed by atoms with Gasteiger partial charge in [-0.2, -0.15) is 3.71 Å². The molecule has 0 amide bonds. The summed E-state index contributed by atoms with van der Waals surface area (Å²) in [5, 5.41) is 1.05. The Kier molecular flexibility index (Phi) is 7.12. The number of aromatic nitrogens is 1. The molecule has 212 valence electrons. The molecule has 0 saturated heterocycles. The average molecular weight is 593 g/mol. The fraction of sp³-hybridized carbons (Fsp3) is 0.200. The van der Waals surface area contributed by atoms with Gasteiger partial charge in [0, 0.05) is 10.9 Å². The topological polar surface area (TPSA) is 120 Å². The third-order valence-electron chi connectivity index (χ3n) is 6.49. The number of Topliss-reactive ketones (excluding diaryl/α,β-unsaturated/α-hetero) is 1. The molecule has 1 aliphatic heterocycles. The van der Waals surface area contributed by atoms with Crippen molar-refractivity contribution in [2.75, 3.05) is 16.2 Å². The lowest BCUT2D eigenvalue weighted by atomic mass is 9.92. The quantitative estimate of drug-likeness (QED) is 0.287. The first-order valence-corrected chi connectivity index (χ1v) is 16.3. The lowest BCUT2D eigenvalue weighted by Gasteiger charge is -2.20. The summed E-state index contributed by atoms with van der Waals surface area (Å²) < 4.78 is 60.9. The van der Waals surface area contributed by atoms with Gasteiger partial charge < -0.3 is 9.47 Å². The van der Waals surface area contributed by atoms with E-state index in [9.17, 15) is 21.6 Å². The Morgan fingerprint density at radius 1 is 0.805 bits per heavy atom. The Balaban J connectivity index is 1.42.